The molecule has 0 radical (unpaired) electrons. The largest absolute Gasteiger partial charge is 0.468 e. The van der Waals surface area contributed by atoms with E-state index < -0.39 is 0 Å². The lowest BCUT2D eigenvalue weighted by molar-refractivity contribution is -0.137. The van der Waals surface area contributed by atoms with Gasteiger partial charge in [0.2, 0.25) is 0 Å². The molecule has 5 rings (SSSR count). The van der Waals surface area contributed by atoms with Crippen LogP contribution in [0.3, 0.4) is 0 Å². The quantitative estimate of drug-likeness (QED) is 0.249. The van der Waals surface area contributed by atoms with E-state index in [0.29, 0.717) is 11.1 Å². The number of nitrogens with one attached hydrogen (secondary N) is 1. The summed E-state index contributed by atoms with van der Waals surface area (Å²) in [6, 6.07) is 20.8. The SMILES string of the molecule is COC(=O)CSc1nc(Nc2ccc(C3CC3)c3ccccc23)c2ccccc2n1. The maximum atomic E-state index is 11.5. The van der Waals surface area contributed by atoms with E-state index in [4.69, 9.17) is 9.72 Å². The van der Waals surface area contributed by atoms with Crippen molar-refractivity contribution in [3.8, 4) is 0 Å². The Morgan fingerprint density at radius 2 is 1.73 bits per heavy atom. The number of hydrogen-bond donors (Lipinski definition) is 1. The number of para-hydroxylation sites is 1. The molecule has 1 aliphatic carbocycles. The van der Waals surface area contributed by atoms with Crippen LogP contribution >= 0.6 is 11.8 Å². The molecule has 1 N–H and O–H groups in total. The average Bonchev–Trinajstić information content (AvgIpc) is 3.63. The Balaban J connectivity index is 1.56. The van der Waals surface area contributed by atoms with Crippen molar-refractivity contribution < 1.29 is 9.53 Å². The Bertz CT molecular complexity index is 1250. The molecule has 1 aromatic heterocycles. The van der Waals surface area contributed by atoms with Gasteiger partial charge < -0.3 is 10.1 Å². The fourth-order valence-electron chi connectivity index (χ4n) is 3.71. The third-order valence-corrected chi connectivity index (χ3v) is 6.18. The van der Waals surface area contributed by atoms with Crippen LogP contribution in [0, 0.1) is 0 Å². The minimum atomic E-state index is -0.298. The minimum Gasteiger partial charge on any atom is -0.468 e. The number of nitrogens with zero attached hydrogens (tertiary/aromatic N) is 2. The molecule has 1 saturated carbocycles. The number of fused-ring (bicyclic) bond motifs is 2. The second-order valence-corrected chi connectivity index (χ2v) is 8.33. The van der Waals surface area contributed by atoms with E-state index in [2.05, 4.69) is 46.7 Å². The zero-order chi connectivity index (χ0) is 20.5. The molecule has 4 aromatic rings. The van der Waals surface area contributed by atoms with Gasteiger partial charge in [-0.05, 0) is 47.9 Å². The average molecular weight is 416 g/mol. The predicted octanol–water partition coefficient (Wildman–Crippen LogP) is 5.67. The van der Waals surface area contributed by atoms with Crippen molar-refractivity contribution in [2.24, 2.45) is 0 Å². The van der Waals surface area contributed by atoms with Crippen LogP contribution in [0.5, 0.6) is 0 Å². The molecule has 30 heavy (non-hydrogen) atoms. The molecule has 0 aliphatic heterocycles. The lowest BCUT2D eigenvalue weighted by atomic mass is 9.99. The fraction of sp³-hybridized carbons (Fsp3) is 0.208. The molecule has 150 valence electrons. The van der Waals surface area contributed by atoms with Crippen LogP contribution in [-0.4, -0.2) is 28.8 Å². The lowest BCUT2D eigenvalue weighted by Crippen LogP contribution is -2.05. The summed E-state index contributed by atoms with van der Waals surface area (Å²) in [6.45, 7) is 0. The van der Waals surface area contributed by atoms with Crippen LogP contribution in [0.4, 0.5) is 11.5 Å². The van der Waals surface area contributed by atoms with Crippen LogP contribution in [0.15, 0.2) is 65.8 Å². The number of carbonyl (C=O) groups is 1. The number of rotatable bonds is 6. The first-order valence-corrected chi connectivity index (χ1v) is 11.0. The number of ether oxygens (including phenoxy) is 1. The van der Waals surface area contributed by atoms with Gasteiger partial charge in [-0.2, -0.15) is 0 Å². The molecule has 0 spiro atoms. The summed E-state index contributed by atoms with van der Waals surface area (Å²) in [6.07, 6.45) is 2.54. The standard InChI is InChI=1S/C24H21N3O2S/c1-29-22(28)14-30-24-26-20-9-5-4-8-19(20)23(27-24)25-21-13-12-16(15-10-11-15)17-6-2-3-7-18(17)21/h2-9,12-13,15H,10-11,14H2,1H3,(H,25,26,27). The third kappa shape index (κ3) is 3.71. The molecule has 1 fully saturated rings. The van der Waals surface area contributed by atoms with Crippen LogP contribution in [0.2, 0.25) is 0 Å². The van der Waals surface area contributed by atoms with Gasteiger partial charge in [0, 0.05) is 16.5 Å². The second kappa shape index (κ2) is 7.95. The number of carbonyl (C=O) groups excluding carboxylic acids is 1. The normalized spacial score (nSPS) is 13.5. The minimum absolute atomic E-state index is 0.174. The topological polar surface area (TPSA) is 64.1 Å². The Kier molecular flexibility index (Phi) is 5.01. The smallest absolute Gasteiger partial charge is 0.316 e. The molecule has 0 amide bonds. The van der Waals surface area contributed by atoms with E-state index >= 15 is 0 Å². The van der Waals surface area contributed by atoms with Gasteiger partial charge in [-0.25, -0.2) is 9.97 Å². The van der Waals surface area contributed by atoms with Crippen molar-refractivity contribution in [2.75, 3.05) is 18.2 Å². The molecule has 0 saturated heterocycles. The number of benzene rings is 3. The van der Waals surface area contributed by atoms with Gasteiger partial charge in [0.15, 0.2) is 5.16 Å². The fourth-order valence-corrected chi connectivity index (χ4v) is 4.39. The molecular weight excluding hydrogens is 394 g/mol. The van der Waals surface area contributed by atoms with E-state index in [1.165, 1.54) is 48.0 Å². The second-order valence-electron chi connectivity index (χ2n) is 7.38. The Hall–Kier alpha value is -3.12. The monoisotopic (exact) mass is 415 g/mol. The van der Waals surface area contributed by atoms with Gasteiger partial charge in [-0.1, -0.05) is 54.2 Å². The van der Waals surface area contributed by atoms with Crippen molar-refractivity contribution in [3.63, 3.8) is 0 Å². The van der Waals surface area contributed by atoms with Gasteiger partial charge in [0.1, 0.15) is 5.82 Å². The number of methoxy groups -OCH3 is 1. The molecule has 3 aromatic carbocycles. The van der Waals surface area contributed by atoms with Crippen LogP contribution < -0.4 is 5.32 Å². The highest BCUT2D eigenvalue weighted by Gasteiger charge is 2.25. The molecule has 5 nitrogen and oxygen atoms in total. The summed E-state index contributed by atoms with van der Waals surface area (Å²) in [4.78, 5) is 20.9. The highest BCUT2D eigenvalue weighted by atomic mass is 32.2. The molecular formula is C24H21N3O2S. The van der Waals surface area contributed by atoms with Gasteiger partial charge in [-0.15, -0.1) is 0 Å². The molecule has 1 aliphatic rings. The maximum Gasteiger partial charge on any atom is 0.316 e. The number of aromatic nitrogens is 2. The molecule has 6 heteroatoms. The van der Waals surface area contributed by atoms with E-state index in [1.54, 1.807) is 0 Å². The predicted molar refractivity (Wildman–Crippen MR) is 121 cm³/mol. The molecule has 0 bridgehead atoms. The Morgan fingerprint density at radius 3 is 2.50 bits per heavy atom. The summed E-state index contributed by atoms with van der Waals surface area (Å²) in [5, 5.41) is 7.50. The van der Waals surface area contributed by atoms with Gasteiger partial charge in [-0.3, -0.25) is 4.79 Å². The molecule has 0 unspecified atom stereocenters. The van der Waals surface area contributed by atoms with Gasteiger partial charge >= 0.3 is 5.97 Å². The van der Waals surface area contributed by atoms with E-state index in [1.807, 2.05) is 24.3 Å². The van der Waals surface area contributed by atoms with Crippen molar-refractivity contribution >= 4 is 50.9 Å². The number of thioether (sulfide) groups is 1. The Labute approximate surface area is 178 Å². The number of anilines is 2. The van der Waals surface area contributed by atoms with Crippen LogP contribution in [0.1, 0.15) is 24.3 Å². The van der Waals surface area contributed by atoms with E-state index in [-0.39, 0.29) is 11.7 Å². The molecule has 0 atom stereocenters. The Morgan fingerprint density at radius 1 is 1.00 bits per heavy atom. The lowest BCUT2D eigenvalue weighted by Gasteiger charge is -2.14. The highest BCUT2D eigenvalue weighted by molar-refractivity contribution is 7.99. The first kappa shape index (κ1) is 18.9. The van der Waals surface area contributed by atoms with Crippen molar-refractivity contribution in [1.82, 2.24) is 9.97 Å². The summed E-state index contributed by atoms with van der Waals surface area (Å²) in [5.74, 6) is 1.29. The zero-order valence-electron chi connectivity index (χ0n) is 16.6. The van der Waals surface area contributed by atoms with Crippen molar-refractivity contribution in [1.29, 1.82) is 0 Å². The summed E-state index contributed by atoms with van der Waals surface area (Å²) >= 11 is 1.27. The van der Waals surface area contributed by atoms with Crippen LogP contribution in [0.25, 0.3) is 21.7 Å². The van der Waals surface area contributed by atoms with Crippen LogP contribution in [-0.2, 0) is 9.53 Å². The summed E-state index contributed by atoms with van der Waals surface area (Å²) in [5.41, 5.74) is 3.28. The third-order valence-electron chi connectivity index (χ3n) is 5.36. The first-order valence-electron chi connectivity index (χ1n) is 9.98. The number of hydrogen-bond acceptors (Lipinski definition) is 6. The zero-order valence-corrected chi connectivity index (χ0v) is 17.4. The summed E-state index contributed by atoms with van der Waals surface area (Å²) < 4.78 is 4.74. The summed E-state index contributed by atoms with van der Waals surface area (Å²) in [7, 11) is 1.38. The first-order chi connectivity index (χ1) is 14.7. The van der Waals surface area contributed by atoms with E-state index in [9.17, 15) is 4.79 Å². The van der Waals surface area contributed by atoms with Crippen molar-refractivity contribution in [3.05, 3.63) is 66.2 Å². The highest BCUT2D eigenvalue weighted by Crippen LogP contribution is 2.44. The molecule has 1 heterocycles. The maximum absolute atomic E-state index is 11.5. The van der Waals surface area contributed by atoms with Gasteiger partial charge in [0.05, 0.1) is 18.4 Å². The van der Waals surface area contributed by atoms with Gasteiger partial charge in [0.25, 0.3) is 0 Å². The van der Waals surface area contributed by atoms with Crippen molar-refractivity contribution in [2.45, 2.75) is 23.9 Å². The van der Waals surface area contributed by atoms with E-state index in [0.717, 1.165) is 22.4 Å². The number of esters is 1.